The Morgan fingerprint density at radius 1 is 0.804 bits per heavy atom. The summed E-state index contributed by atoms with van der Waals surface area (Å²) in [6.07, 6.45) is 1.59. The van der Waals surface area contributed by atoms with Gasteiger partial charge in [-0.25, -0.2) is 4.79 Å². The van der Waals surface area contributed by atoms with Gasteiger partial charge in [0, 0.05) is 27.1 Å². The van der Waals surface area contributed by atoms with Gasteiger partial charge in [-0.05, 0) is 79.1 Å². The number of anilines is 2. The molecule has 0 aliphatic rings. The standard InChI is InChI=1S/C45H39N3O6S2/c1-4-54-45(52)39-37(31-22-18-29(2)19-23-31)28-55-44(39)48-43(51)40(32-12-7-5-8-13-32)56-36-17-11-16-34(27-36)46-42(50)38(26-30-20-24-35(53-3)25-21-30)47-41(49)33-14-9-6-10-15-33/h5-28,40H,4H2,1-3H3,(H,46,50)(H,47,49)(H,48,51)/b38-26+. The van der Waals surface area contributed by atoms with Crippen molar-refractivity contribution in [2.45, 2.75) is 24.0 Å². The number of ether oxygens (including phenoxy) is 2. The highest BCUT2D eigenvalue weighted by molar-refractivity contribution is 8.00. The lowest BCUT2D eigenvalue weighted by atomic mass is 10.0. The summed E-state index contributed by atoms with van der Waals surface area (Å²) in [5.74, 6) is -1.19. The van der Waals surface area contributed by atoms with Crippen LogP contribution in [0.1, 0.15) is 49.6 Å². The number of thiophene rings is 1. The molecule has 0 aliphatic carbocycles. The molecule has 0 aliphatic heterocycles. The maximum absolute atomic E-state index is 14.2. The lowest BCUT2D eigenvalue weighted by molar-refractivity contribution is -0.116. The SMILES string of the molecule is CCOC(=O)c1c(-c2ccc(C)cc2)csc1NC(=O)C(Sc1cccc(NC(=O)/C(=C\c2ccc(OC)cc2)NC(=O)c2ccccc2)c1)c1ccccc1. The molecule has 9 nitrogen and oxygen atoms in total. The van der Waals surface area contributed by atoms with Crippen LogP contribution < -0.4 is 20.7 Å². The molecule has 0 radical (unpaired) electrons. The van der Waals surface area contributed by atoms with Crippen LogP contribution in [-0.2, 0) is 14.3 Å². The number of methoxy groups -OCH3 is 1. The van der Waals surface area contributed by atoms with E-state index < -0.39 is 23.0 Å². The van der Waals surface area contributed by atoms with Crippen LogP contribution in [0.25, 0.3) is 17.2 Å². The van der Waals surface area contributed by atoms with E-state index in [1.807, 2.05) is 73.0 Å². The Labute approximate surface area is 333 Å². The number of amides is 3. The Bertz CT molecular complexity index is 2340. The second-order valence-corrected chi connectivity index (χ2v) is 14.5. The van der Waals surface area contributed by atoms with Gasteiger partial charge in [-0.15, -0.1) is 23.1 Å². The molecule has 6 rings (SSSR count). The van der Waals surface area contributed by atoms with Gasteiger partial charge < -0.3 is 25.4 Å². The van der Waals surface area contributed by atoms with Crippen molar-refractivity contribution in [1.82, 2.24) is 5.32 Å². The highest BCUT2D eigenvalue weighted by Crippen LogP contribution is 2.40. The lowest BCUT2D eigenvalue weighted by Crippen LogP contribution is -2.30. The van der Waals surface area contributed by atoms with E-state index in [0.717, 1.165) is 16.7 Å². The summed E-state index contributed by atoms with van der Waals surface area (Å²) in [5.41, 5.74) is 5.19. The topological polar surface area (TPSA) is 123 Å². The van der Waals surface area contributed by atoms with Crippen molar-refractivity contribution < 1.29 is 28.7 Å². The average Bonchev–Trinajstić information content (AvgIpc) is 3.64. The van der Waals surface area contributed by atoms with Gasteiger partial charge in [-0.1, -0.05) is 96.6 Å². The van der Waals surface area contributed by atoms with E-state index in [1.54, 1.807) is 92.9 Å². The number of rotatable bonds is 14. The molecule has 1 atom stereocenters. The summed E-state index contributed by atoms with van der Waals surface area (Å²) in [6.45, 7) is 3.92. The largest absolute Gasteiger partial charge is 0.497 e. The third kappa shape index (κ3) is 10.0. The molecule has 1 heterocycles. The molecule has 5 aromatic carbocycles. The molecule has 6 aromatic rings. The Morgan fingerprint density at radius 2 is 1.50 bits per heavy atom. The van der Waals surface area contributed by atoms with E-state index in [1.165, 1.54) is 23.1 Å². The quantitative estimate of drug-likeness (QED) is 0.0572. The Hall–Kier alpha value is -6.43. The zero-order valence-electron chi connectivity index (χ0n) is 30.9. The number of carbonyl (C=O) groups excluding carboxylic acids is 4. The molecular formula is C45H39N3O6S2. The third-order valence-corrected chi connectivity index (χ3v) is 10.7. The van der Waals surface area contributed by atoms with Crippen LogP contribution in [0.4, 0.5) is 10.7 Å². The first-order valence-corrected chi connectivity index (χ1v) is 19.5. The fraction of sp³-hybridized carbons (Fsp3) is 0.111. The number of hydrogen-bond donors (Lipinski definition) is 3. The maximum atomic E-state index is 14.2. The Balaban J connectivity index is 1.26. The summed E-state index contributed by atoms with van der Waals surface area (Å²) in [5, 5.41) is 10.2. The number of aryl methyl sites for hydroxylation is 1. The highest BCUT2D eigenvalue weighted by atomic mass is 32.2. The van der Waals surface area contributed by atoms with Crippen molar-refractivity contribution in [2.75, 3.05) is 24.4 Å². The number of carbonyl (C=O) groups is 4. The fourth-order valence-electron chi connectivity index (χ4n) is 5.67. The monoisotopic (exact) mass is 781 g/mol. The summed E-state index contributed by atoms with van der Waals surface area (Å²) < 4.78 is 10.7. The van der Waals surface area contributed by atoms with Gasteiger partial charge in [0.15, 0.2) is 0 Å². The molecule has 56 heavy (non-hydrogen) atoms. The predicted molar refractivity (Wildman–Crippen MR) is 224 cm³/mol. The lowest BCUT2D eigenvalue weighted by Gasteiger charge is -2.18. The molecule has 0 saturated heterocycles. The second-order valence-electron chi connectivity index (χ2n) is 12.5. The first-order valence-electron chi connectivity index (χ1n) is 17.7. The molecule has 1 unspecified atom stereocenters. The molecule has 0 spiro atoms. The summed E-state index contributed by atoms with van der Waals surface area (Å²) in [7, 11) is 1.57. The van der Waals surface area contributed by atoms with Crippen LogP contribution in [0.2, 0.25) is 0 Å². The van der Waals surface area contributed by atoms with Crippen molar-refractivity contribution in [2.24, 2.45) is 0 Å². The van der Waals surface area contributed by atoms with Crippen molar-refractivity contribution >= 4 is 63.6 Å². The number of nitrogens with one attached hydrogen (secondary N) is 3. The maximum Gasteiger partial charge on any atom is 0.341 e. The highest BCUT2D eigenvalue weighted by Gasteiger charge is 2.28. The molecule has 0 saturated carbocycles. The Morgan fingerprint density at radius 3 is 2.18 bits per heavy atom. The van der Waals surface area contributed by atoms with Gasteiger partial charge in [-0.3, -0.25) is 14.4 Å². The minimum Gasteiger partial charge on any atom is -0.497 e. The van der Waals surface area contributed by atoms with Crippen LogP contribution in [0.3, 0.4) is 0 Å². The van der Waals surface area contributed by atoms with Gasteiger partial charge in [0.25, 0.3) is 11.8 Å². The van der Waals surface area contributed by atoms with Crippen molar-refractivity contribution in [3.63, 3.8) is 0 Å². The van der Waals surface area contributed by atoms with Crippen LogP contribution >= 0.6 is 23.1 Å². The van der Waals surface area contributed by atoms with Gasteiger partial charge in [0.1, 0.15) is 27.3 Å². The van der Waals surface area contributed by atoms with E-state index in [-0.39, 0.29) is 18.2 Å². The van der Waals surface area contributed by atoms with E-state index in [2.05, 4.69) is 16.0 Å². The van der Waals surface area contributed by atoms with Crippen molar-refractivity contribution in [3.8, 4) is 16.9 Å². The average molecular weight is 782 g/mol. The van der Waals surface area contributed by atoms with E-state index in [4.69, 9.17) is 9.47 Å². The van der Waals surface area contributed by atoms with Gasteiger partial charge in [0.05, 0.1) is 13.7 Å². The molecule has 11 heteroatoms. The third-order valence-electron chi connectivity index (χ3n) is 8.51. The van der Waals surface area contributed by atoms with Crippen molar-refractivity contribution in [1.29, 1.82) is 0 Å². The number of benzene rings is 5. The summed E-state index contributed by atoms with van der Waals surface area (Å²) >= 11 is 2.55. The first-order chi connectivity index (χ1) is 27.2. The van der Waals surface area contributed by atoms with Crippen LogP contribution in [-0.4, -0.2) is 37.4 Å². The number of esters is 1. The van der Waals surface area contributed by atoms with Crippen LogP contribution in [0, 0.1) is 6.92 Å². The second kappa shape index (κ2) is 18.7. The molecule has 0 bridgehead atoms. The molecule has 282 valence electrons. The zero-order valence-corrected chi connectivity index (χ0v) is 32.5. The van der Waals surface area contributed by atoms with Gasteiger partial charge in [-0.2, -0.15) is 0 Å². The van der Waals surface area contributed by atoms with Crippen LogP contribution in [0.15, 0.2) is 149 Å². The zero-order chi connectivity index (χ0) is 39.4. The molecule has 3 N–H and O–H groups in total. The minimum atomic E-state index is -0.738. The molecular weight excluding hydrogens is 743 g/mol. The van der Waals surface area contributed by atoms with Crippen LogP contribution in [0.5, 0.6) is 5.75 Å². The number of thioether (sulfide) groups is 1. The smallest absolute Gasteiger partial charge is 0.341 e. The molecule has 3 amide bonds. The first kappa shape index (κ1) is 39.3. The predicted octanol–water partition coefficient (Wildman–Crippen LogP) is 9.79. The fourth-order valence-corrected chi connectivity index (χ4v) is 7.71. The van der Waals surface area contributed by atoms with E-state index in [0.29, 0.717) is 43.6 Å². The summed E-state index contributed by atoms with van der Waals surface area (Å²) in [6, 6.07) is 40.0. The van der Waals surface area contributed by atoms with E-state index >= 15 is 0 Å². The minimum absolute atomic E-state index is 0.0296. The summed E-state index contributed by atoms with van der Waals surface area (Å²) in [4.78, 5) is 55.2. The Kier molecular flexibility index (Phi) is 13.1. The number of hydrogen-bond acceptors (Lipinski definition) is 8. The van der Waals surface area contributed by atoms with Crippen molar-refractivity contribution in [3.05, 3.63) is 172 Å². The van der Waals surface area contributed by atoms with E-state index in [9.17, 15) is 19.2 Å². The normalized spacial score (nSPS) is 11.6. The molecule has 0 fully saturated rings. The molecule has 1 aromatic heterocycles. The van der Waals surface area contributed by atoms with Gasteiger partial charge in [0.2, 0.25) is 5.91 Å². The van der Waals surface area contributed by atoms with Gasteiger partial charge >= 0.3 is 5.97 Å².